The van der Waals surface area contributed by atoms with Crippen LogP contribution in [0.5, 0.6) is 0 Å². The molecule has 3 aliphatic carbocycles. The van der Waals surface area contributed by atoms with Gasteiger partial charge in [0.2, 0.25) is 0 Å². The van der Waals surface area contributed by atoms with Gasteiger partial charge in [0.1, 0.15) is 0 Å². The van der Waals surface area contributed by atoms with Crippen molar-refractivity contribution in [1.29, 1.82) is 0 Å². The first kappa shape index (κ1) is 45.2. The highest BCUT2D eigenvalue weighted by atomic mass is 16.2. The van der Waals surface area contributed by atoms with Crippen molar-refractivity contribution in [2.24, 2.45) is 0 Å². The van der Waals surface area contributed by atoms with E-state index in [0.717, 1.165) is 29.4 Å². The second-order valence-electron chi connectivity index (χ2n) is 22.4. The lowest BCUT2D eigenvalue weighted by molar-refractivity contribution is 0.0234. The van der Waals surface area contributed by atoms with Gasteiger partial charge in [-0.3, -0.25) is 86.9 Å². The van der Waals surface area contributed by atoms with Gasteiger partial charge in [-0.1, -0.05) is 38.5 Å². The molecular formula is C60H42N6O12. The van der Waals surface area contributed by atoms with Crippen LogP contribution in [0.25, 0.3) is 32.3 Å². The van der Waals surface area contributed by atoms with E-state index in [1.807, 2.05) is 0 Å². The van der Waals surface area contributed by atoms with Gasteiger partial charge in [0.25, 0.3) is 70.9 Å². The number of hydrogen-bond acceptors (Lipinski definition) is 12. The van der Waals surface area contributed by atoms with Crippen molar-refractivity contribution in [2.45, 2.75) is 113 Å². The van der Waals surface area contributed by atoms with Crippen molar-refractivity contribution in [3.63, 3.8) is 0 Å². The van der Waals surface area contributed by atoms with Gasteiger partial charge < -0.3 is 0 Å². The molecule has 0 spiro atoms. The van der Waals surface area contributed by atoms with E-state index in [4.69, 9.17) is 0 Å². The Kier molecular flexibility index (Phi) is 8.87. The van der Waals surface area contributed by atoms with E-state index in [0.29, 0.717) is 38.5 Å². The highest BCUT2D eigenvalue weighted by Gasteiger charge is 2.54. The van der Waals surface area contributed by atoms with Crippen LogP contribution in [-0.4, -0.2) is 137 Å². The number of benzene rings is 6. The summed E-state index contributed by atoms with van der Waals surface area (Å²) >= 11 is 0. The molecule has 6 aromatic carbocycles. The van der Waals surface area contributed by atoms with Crippen LogP contribution < -0.4 is 0 Å². The third-order valence-electron chi connectivity index (χ3n) is 18.9. The monoisotopic (exact) mass is 1040 g/mol. The average Bonchev–Trinajstić information content (AvgIpc) is 3.48. The summed E-state index contributed by atoms with van der Waals surface area (Å²) in [7, 11) is 0. The van der Waals surface area contributed by atoms with Crippen LogP contribution in [0, 0.1) is 0 Å². The molecule has 384 valence electrons. The molecule has 4 unspecified atom stereocenters. The summed E-state index contributed by atoms with van der Waals surface area (Å²) in [5.74, 6) is -8.74. The number of imide groups is 6. The number of carbonyl (C=O) groups is 12. The van der Waals surface area contributed by atoms with Crippen molar-refractivity contribution < 1.29 is 57.5 Å². The molecule has 18 nitrogen and oxygen atoms in total. The summed E-state index contributed by atoms with van der Waals surface area (Å²) in [6.45, 7) is 0. The Hall–Kier alpha value is -9.06. The van der Waals surface area contributed by atoms with Gasteiger partial charge >= 0.3 is 0 Å². The topological polar surface area (TPSA) is 224 Å². The van der Waals surface area contributed by atoms with E-state index in [2.05, 4.69) is 0 Å². The van der Waals surface area contributed by atoms with Gasteiger partial charge in [-0.25, -0.2) is 0 Å². The molecular weight excluding hydrogens is 997 g/mol. The predicted molar refractivity (Wildman–Crippen MR) is 273 cm³/mol. The minimum atomic E-state index is -0.999. The fourth-order valence-corrected chi connectivity index (χ4v) is 15.6. The van der Waals surface area contributed by atoms with E-state index in [1.54, 1.807) is 0 Å². The van der Waals surface area contributed by atoms with Crippen molar-refractivity contribution >= 4 is 103 Å². The fraction of sp³-hybridized carbons (Fsp3) is 0.300. The standard InChI is InChI=1S/C60H42N6O12/c67-49-25-13-15-29-45-30-16-14-26(43(25)45)50(68)61(49)37-7-1-2-8-38(37)62-51(69)27-17-19-31-46-32(20-18-28(44(27)46)52(62)70)56(74)64(55(31)73)41-11-5-6-12-42(41)66-59(77)35-23-21-33-47-34(22-24-36(48(35)47)60(66)78)58(76)65(57(33)75)40-10-4-3-9-39(40)63(53(29)71)54(30)72/h13-24,37-42H,1-12H2/t37-,38?,39?,40-,41?,42?/m1/s1. The number of rotatable bonds is 0. The van der Waals surface area contributed by atoms with Gasteiger partial charge in [0.15, 0.2) is 0 Å². The van der Waals surface area contributed by atoms with Crippen LogP contribution in [0.3, 0.4) is 0 Å². The molecule has 27 aliphatic rings. The quantitative estimate of drug-likeness (QED) is 0.139. The van der Waals surface area contributed by atoms with Crippen molar-refractivity contribution in [3.05, 3.63) is 140 Å². The van der Waals surface area contributed by atoms with E-state index in [9.17, 15) is 0 Å². The number of carbonyl (C=O) groups excluding carboxylic acids is 12. The Morgan fingerprint density at radius 1 is 0.192 bits per heavy atom. The first-order valence-corrected chi connectivity index (χ1v) is 26.8. The fourth-order valence-electron chi connectivity index (χ4n) is 15.6. The highest BCUT2D eigenvalue weighted by Crippen LogP contribution is 2.48. The van der Waals surface area contributed by atoms with E-state index < -0.39 is 107 Å². The summed E-state index contributed by atoms with van der Waals surface area (Å²) in [4.78, 5) is 187. The summed E-state index contributed by atoms with van der Waals surface area (Å²) in [6.07, 6.45) is 4.74. The van der Waals surface area contributed by atoms with Crippen LogP contribution in [0.1, 0.15) is 201 Å². The summed E-state index contributed by atoms with van der Waals surface area (Å²) in [6, 6.07) is 11.3. The maximum atomic E-state index is 15.1. The summed E-state index contributed by atoms with van der Waals surface area (Å²) < 4.78 is 0. The van der Waals surface area contributed by atoms with Gasteiger partial charge in [-0.05, 0) is 111 Å². The van der Waals surface area contributed by atoms with Gasteiger partial charge in [0, 0.05) is 99.1 Å². The SMILES string of the molecule is O=C1c2ccc3c4c5ccc(c24)C(=O)N1C1CCCCC1N1C(=O)c2ccc4c6c(ccc(c26)C1=O)C(=O)N(C4=O)[C@@H]1CCCCC1N1C(=O)c2ccc4c6c(ccc(c26)C1=O)C(=O)N(C4=O)[C@@H]1CCCCC1N(C3=O)C5=O. The lowest BCUT2D eigenvalue weighted by atomic mass is 9.79. The first-order chi connectivity index (χ1) is 37.8. The molecule has 33 rings (SSSR count). The molecule has 24 bridgehead atoms. The largest absolute Gasteiger partial charge is 0.269 e. The molecule has 6 aromatic rings. The van der Waals surface area contributed by atoms with E-state index in [-0.39, 0.29) is 138 Å². The maximum Gasteiger partial charge on any atom is 0.261 e. The lowest BCUT2D eigenvalue weighted by Gasteiger charge is -2.47. The first-order valence-electron chi connectivity index (χ1n) is 26.8. The molecule has 0 N–H and O–H groups in total. The smallest absolute Gasteiger partial charge is 0.261 e. The molecule has 0 aromatic heterocycles. The van der Waals surface area contributed by atoms with Crippen LogP contribution in [-0.2, 0) is 0 Å². The normalized spacial score (nSPS) is 26.0. The zero-order valence-corrected chi connectivity index (χ0v) is 41.5. The molecule has 78 heavy (non-hydrogen) atoms. The number of nitrogens with zero attached hydrogens (tertiary/aromatic N) is 6. The average molecular weight is 1040 g/mol. The molecule has 24 heterocycles. The minimum Gasteiger partial charge on any atom is -0.269 e. The van der Waals surface area contributed by atoms with E-state index >= 15 is 57.5 Å². The Balaban J connectivity index is 0.894. The van der Waals surface area contributed by atoms with Crippen LogP contribution in [0.15, 0.2) is 72.8 Å². The Labute approximate surface area is 441 Å². The molecule has 0 radical (unpaired) electrons. The molecule has 24 aliphatic heterocycles. The second-order valence-corrected chi connectivity index (χ2v) is 22.4. The van der Waals surface area contributed by atoms with Gasteiger partial charge in [-0.2, -0.15) is 0 Å². The van der Waals surface area contributed by atoms with Crippen LogP contribution in [0.4, 0.5) is 0 Å². The Morgan fingerprint density at radius 2 is 0.295 bits per heavy atom. The molecule has 6 atom stereocenters. The Bertz CT molecular complexity index is 3250. The highest BCUT2D eigenvalue weighted by molar-refractivity contribution is 6.37. The van der Waals surface area contributed by atoms with Crippen molar-refractivity contribution in [1.82, 2.24) is 29.4 Å². The van der Waals surface area contributed by atoms with Gasteiger partial charge in [0.05, 0.1) is 36.3 Å². The van der Waals surface area contributed by atoms with Gasteiger partial charge in [-0.15, -0.1) is 0 Å². The number of amides is 12. The molecule has 3 saturated carbocycles. The van der Waals surface area contributed by atoms with Crippen molar-refractivity contribution in [2.75, 3.05) is 0 Å². The van der Waals surface area contributed by atoms with Crippen LogP contribution >= 0.6 is 0 Å². The second kappa shape index (κ2) is 15.3. The maximum absolute atomic E-state index is 15.1. The van der Waals surface area contributed by atoms with Crippen molar-refractivity contribution in [3.8, 4) is 0 Å². The molecule has 0 saturated heterocycles. The zero-order valence-electron chi connectivity index (χ0n) is 41.5. The Morgan fingerprint density at radius 3 is 0.397 bits per heavy atom. The summed E-state index contributed by atoms with van der Waals surface area (Å²) in [5, 5.41) is 0.685. The molecule has 3 fully saturated rings. The third-order valence-corrected chi connectivity index (χ3v) is 18.9. The third kappa shape index (κ3) is 5.32. The molecule has 12 amide bonds. The molecule has 18 heteroatoms. The van der Waals surface area contributed by atoms with Crippen LogP contribution in [0.2, 0.25) is 0 Å². The zero-order chi connectivity index (χ0) is 53.2. The summed E-state index contributed by atoms with van der Waals surface area (Å²) in [5.41, 5.74) is 0.523. The minimum absolute atomic E-state index is 0.0436. The van der Waals surface area contributed by atoms with E-state index in [1.165, 1.54) is 72.8 Å². The number of hydrogen-bond donors (Lipinski definition) is 0. The predicted octanol–water partition coefficient (Wildman–Crippen LogP) is 7.07. The lowest BCUT2D eigenvalue weighted by Crippen LogP contribution is -2.62.